The van der Waals surface area contributed by atoms with Crippen molar-refractivity contribution in [2.45, 2.75) is 63.8 Å². The average molecular weight is 287 g/mol. The summed E-state index contributed by atoms with van der Waals surface area (Å²) in [5.41, 5.74) is 1.45. The van der Waals surface area contributed by atoms with Gasteiger partial charge in [-0.2, -0.15) is 0 Å². The van der Waals surface area contributed by atoms with Gasteiger partial charge in [-0.25, -0.2) is 0 Å². The normalized spacial score (nSPS) is 26.3. The van der Waals surface area contributed by atoms with Gasteiger partial charge in [-0.1, -0.05) is 37.5 Å². The van der Waals surface area contributed by atoms with Gasteiger partial charge in [0.15, 0.2) is 0 Å². The van der Waals surface area contributed by atoms with Crippen molar-refractivity contribution in [3.63, 3.8) is 0 Å². The summed E-state index contributed by atoms with van der Waals surface area (Å²) in [6.07, 6.45) is 9.61. The lowest BCUT2D eigenvalue weighted by Gasteiger charge is -2.27. The molecule has 3 rings (SSSR count). The van der Waals surface area contributed by atoms with Crippen molar-refractivity contribution in [3.8, 4) is 5.75 Å². The summed E-state index contributed by atoms with van der Waals surface area (Å²) >= 11 is 0. The van der Waals surface area contributed by atoms with Crippen molar-refractivity contribution in [2.75, 3.05) is 13.2 Å². The van der Waals surface area contributed by atoms with Crippen LogP contribution in [0, 0.1) is 5.92 Å². The molecule has 0 amide bonds. The van der Waals surface area contributed by atoms with Crippen LogP contribution < -0.4 is 10.1 Å². The van der Waals surface area contributed by atoms with E-state index in [0.717, 1.165) is 24.3 Å². The van der Waals surface area contributed by atoms with Gasteiger partial charge in [-0.3, -0.25) is 0 Å². The summed E-state index contributed by atoms with van der Waals surface area (Å²) in [6, 6.07) is 9.54. The van der Waals surface area contributed by atoms with Crippen LogP contribution in [0.4, 0.5) is 0 Å². The Morgan fingerprint density at radius 1 is 1.05 bits per heavy atom. The molecule has 2 saturated carbocycles. The van der Waals surface area contributed by atoms with E-state index in [2.05, 4.69) is 36.5 Å². The van der Waals surface area contributed by atoms with Gasteiger partial charge >= 0.3 is 0 Å². The Bertz CT molecular complexity index is 441. The van der Waals surface area contributed by atoms with Gasteiger partial charge in [0.05, 0.1) is 6.61 Å². The van der Waals surface area contributed by atoms with Crippen LogP contribution in [-0.4, -0.2) is 19.2 Å². The van der Waals surface area contributed by atoms with Crippen LogP contribution in [0.1, 0.15) is 63.4 Å². The Morgan fingerprint density at radius 2 is 1.86 bits per heavy atom. The second kappa shape index (κ2) is 7.31. The Balaban J connectivity index is 1.77. The van der Waals surface area contributed by atoms with Crippen molar-refractivity contribution in [3.05, 3.63) is 29.8 Å². The zero-order valence-corrected chi connectivity index (χ0v) is 13.3. The Morgan fingerprint density at radius 3 is 2.67 bits per heavy atom. The molecule has 2 nitrogen and oxygen atoms in total. The Kier molecular flexibility index (Phi) is 5.18. The molecule has 0 aromatic heterocycles. The zero-order valence-electron chi connectivity index (χ0n) is 13.3. The van der Waals surface area contributed by atoms with E-state index in [1.54, 1.807) is 0 Å². The molecule has 1 aromatic rings. The monoisotopic (exact) mass is 287 g/mol. The van der Waals surface area contributed by atoms with Crippen molar-refractivity contribution < 1.29 is 4.74 Å². The molecule has 116 valence electrons. The van der Waals surface area contributed by atoms with E-state index in [-0.39, 0.29) is 0 Å². The summed E-state index contributed by atoms with van der Waals surface area (Å²) in [7, 11) is 0. The lowest BCUT2D eigenvalue weighted by atomic mass is 9.82. The van der Waals surface area contributed by atoms with E-state index in [0.29, 0.717) is 5.92 Å². The topological polar surface area (TPSA) is 21.3 Å². The van der Waals surface area contributed by atoms with Gasteiger partial charge in [0.1, 0.15) is 5.75 Å². The van der Waals surface area contributed by atoms with Crippen molar-refractivity contribution in [1.82, 2.24) is 5.32 Å². The SMILES string of the molecule is CCOc1ccccc1C1CCCCCC1CNC1CC1. The Labute approximate surface area is 129 Å². The maximum absolute atomic E-state index is 5.90. The lowest BCUT2D eigenvalue weighted by Crippen LogP contribution is -2.28. The minimum atomic E-state index is 0.668. The second-order valence-electron chi connectivity index (χ2n) is 6.66. The molecule has 2 aliphatic rings. The van der Waals surface area contributed by atoms with Crippen molar-refractivity contribution >= 4 is 0 Å². The fraction of sp³-hybridized carbons (Fsp3) is 0.684. The van der Waals surface area contributed by atoms with E-state index < -0.39 is 0 Å². The number of benzene rings is 1. The molecule has 0 heterocycles. The van der Waals surface area contributed by atoms with Gasteiger partial charge in [-0.05, 0) is 62.6 Å². The fourth-order valence-electron chi connectivity index (χ4n) is 3.72. The summed E-state index contributed by atoms with van der Waals surface area (Å²) in [4.78, 5) is 0. The van der Waals surface area contributed by atoms with Crippen LogP contribution in [0.3, 0.4) is 0 Å². The largest absolute Gasteiger partial charge is 0.494 e. The minimum absolute atomic E-state index is 0.668. The van der Waals surface area contributed by atoms with Crippen LogP contribution in [0.15, 0.2) is 24.3 Å². The highest BCUT2D eigenvalue weighted by Gasteiger charge is 2.29. The predicted octanol–water partition coefficient (Wildman–Crippen LogP) is 4.50. The first-order chi connectivity index (χ1) is 10.4. The summed E-state index contributed by atoms with van der Waals surface area (Å²) in [5.74, 6) is 2.56. The number of nitrogens with one attached hydrogen (secondary N) is 1. The van der Waals surface area contributed by atoms with E-state index in [4.69, 9.17) is 4.74 Å². The lowest BCUT2D eigenvalue weighted by molar-refractivity contribution is 0.319. The molecular weight excluding hydrogens is 258 g/mol. The van der Waals surface area contributed by atoms with E-state index >= 15 is 0 Å². The zero-order chi connectivity index (χ0) is 14.5. The van der Waals surface area contributed by atoms with E-state index in [9.17, 15) is 0 Å². The molecule has 2 heteroatoms. The highest BCUT2D eigenvalue weighted by Crippen LogP contribution is 2.40. The maximum Gasteiger partial charge on any atom is 0.122 e. The quantitative estimate of drug-likeness (QED) is 0.778. The van der Waals surface area contributed by atoms with Gasteiger partial charge in [-0.15, -0.1) is 0 Å². The van der Waals surface area contributed by atoms with Crippen LogP contribution in [0.25, 0.3) is 0 Å². The molecule has 0 spiro atoms. The molecule has 21 heavy (non-hydrogen) atoms. The van der Waals surface area contributed by atoms with Gasteiger partial charge in [0.2, 0.25) is 0 Å². The molecule has 0 aliphatic heterocycles. The maximum atomic E-state index is 5.90. The Hall–Kier alpha value is -1.02. The fourth-order valence-corrected chi connectivity index (χ4v) is 3.72. The molecule has 1 N–H and O–H groups in total. The summed E-state index contributed by atoms with van der Waals surface area (Å²) < 4.78 is 5.90. The third-order valence-electron chi connectivity index (χ3n) is 5.02. The van der Waals surface area contributed by atoms with Crippen LogP contribution >= 0.6 is 0 Å². The molecule has 2 aliphatic carbocycles. The third-order valence-corrected chi connectivity index (χ3v) is 5.02. The first kappa shape index (κ1) is 14.9. The number of rotatable bonds is 6. The van der Waals surface area contributed by atoms with Crippen LogP contribution in [-0.2, 0) is 0 Å². The van der Waals surface area contributed by atoms with E-state index in [1.807, 2.05) is 0 Å². The third kappa shape index (κ3) is 4.00. The number of hydrogen-bond donors (Lipinski definition) is 1. The summed E-state index contributed by atoms with van der Waals surface area (Å²) in [5, 5.41) is 3.76. The number of ether oxygens (including phenoxy) is 1. The predicted molar refractivity (Wildman–Crippen MR) is 88.0 cm³/mol. The van der Waals surface area contributed by atoms with Crippen LogP contribution in [0.5, 0.6) is 5.75 Å². The van der Waals surface area contributed by atoms with Crippen molar-refractivity contribution in [1.29, 1.82) is 0 Å². The van der Waals surface area contributed by atoms with E-state index in [1.165, 1.54) is 57.1 Å². The molecule has 2 unspecified atom stereocenters. The average Bonchev–Trinajstić information content (AvgIpc) is 3.33. The van der Waals surface area contributed by atoms with Crippen LogP contribution in [0.2, 0.25) is 0 Å². The first-order valence-corrected chi connectivity index (χ1v) is 8.83. The number of para-hydroxylation sites is 1. The molecule has 0 radical (unpaired) electrons. The smallest absolute Gasteiger partial charge is 0.122 e. The summed E-state index contributed by atoms with van der Waals surface area (Å²) in [6.45, 7) is 4.03. The van der Waals surface area contributed by atoms with Gasteiger partial charge in [0.25, 0.3) is 0 Å². The highest BCUT2D eigenvalue weighted by atomic mass is 16.5. The minimum Gasteiger partial charge on any atom is -0.494 e. The molecule has 2 fully saturated rings. The molecule has 2 atom stereocenters. The second-order valence-corrected chi connectivity index (χ2v) is 6.66. The van der Waals surface area contributed by atoms with Gasteiger partial charge in [0, 0.05) is 6.04 Å². The van der Waals surface area contributed by atoms with Crippen molar-refractivity contribution in [2.24, 2.45) is 5.92 Å². The molecular formula is C19H29NO. The highest BCUT2D eigenvalue weighted by molar-refractivity contribution is 5.37. The first-order valence-electron chi connectivity index (χ1n) is 8.83. The number of hydrogen-bond acceptors (Lipinski definition) is 2. The standard InChI is InChI=1S/C19H29NO/c1-2-21-19-11-7-6-10-18(19)17-9-5-3-4-8-15(17)14-20-16-12-13-16/h6-7,10-11,15-17,20H,2-5,8-9,12-14H2,1H3. The molecule has 0 bridgehead atoms. The van der Waals surface area contributed by atoms with Gasteiger partial charge < -0.3 is 10.1 Å². The molecule has 0 saturated heterocycles. The molecule has 1 aromatic carbocycles.